The molecule has 0 aliphatic carbocycles. The number of carbonyl (C=O) groups is 2. The Morgan fingerprint density at radius 3 is 2.56 bits per heavy atom. The van der Waals surface area contributed by atoms with Gasteiger partial charge in [0.1, 0.15) is 6.61 Å². The Morgan fingerprint density at radius 1 is 1.28 bits per heavy atom. The van der Waals surface area contributed by atoms with Gasteiger partial charge in [0.25, 0.3) is 0 Å². The average molecular weight is 249 g/mol. The van der Waals surface area contributed by atoms with Crippen LogP contribution in [0.4, 0.5) is 4.79 Å². The topological polar surface area (TPSA) is 64.6 Å². The highest BCUT2D eigenvalue weighted by Gasteiger charge is 2.08. The Morgan fingerprint density at radius 2 is 1.94 bits per heavy atom. The quantitative estimate of drug-likeness (QED) is 0.810. The summed E-state index contributed by atoms with van der Waals surface area (Å²) in [6.45, 7) is 3.69. The molecule has 1 aromatic carbocycles. The van der Waals surface area contributed by atoms with Gasteiger partial charge in [-0.2, -0.15) is 0 Å². The molecule has 0 unspecified atom stereocenters. The lowest BCUT2D eigenvalue weighted by Gasteiger charge is -2.08. The summed E-state index contributed by atoms with van der Waals surface area (Å²) in [5.74, 6) is -0.469. The Labute approximate surface area is 105 Å². The number of esters is 1. The van der Waals surface area contributed by atoms with Gasteiger partial charge in [-0.25, -0.2) is 4.79 Å². The molecule has 1 aromatic rings. The number of methoxy groups -OCH3 is 1. The van der Waals surface area contributed by atoms with Gasteiger partial charge in [-0.1, -0.05) is 36.9 Å². The first kappa shape index (κ1) is 13.8. The first-order valence-electron chi connectivity index (χ1n) is 5.34. The molecular weight excluding hydrogens is 234 g/mol. The summed E-state index contributed by atoms with van der Waals surface area (Å²) in [5, 5.41) is 2.36. The van der Waals surface area contributed by atoms with Crippen LogP contribution in [-0.4, -0.2) is 19.2 Å². The van der Waals surface area contributed by atoms with Crippen LogP contribution in [0.15, 0.2) is 42.6 Å². The van der Waals surface area contributed by atoms with E-state index in [1.807, 2.05) is 30.3 Å². The van der Waals surface area contributed by atoms with Crippen molar-refractivity contribution in [1.82, 2.24) is 5.32 Å². The van der Waals surface area contributed by atoms with E-state index in [1.165, 1.54) is 7.11 Å². The second-order valence-electron chi connectivity index (χ2n) is 3.54. The Kier molecular flexibility index (Phi) is 5.44. The van der Waals surface area contributed by atoms with Gasteiger partial charge in [-0.3, -0.25) is 10.1 Å². The number of ether oxygens (including phenoxy) is 2. The van der Waals surface area contributed by atoms with Crippen molar-refractivity contribution in [3.63, 3.8) is 0 Å². The number of hydrogen-bond acceptors (Lipinski definition) is 4. The van der Waals surface area contributed by atoms with E-state index in [2.05, 4.69) is 16.6 Å². The summed E-state index contributed by atoms with van der Waals surface area (Å²) in [6, 6.07) is 9.27. The van der Waals surface area contributed by atoms with Gasteiger partial charge < -0.3 is 9.47 Å². The van der Waals surface area contributed by atoms with Crippen LogP contribution >= 0.6 is 0 Å². The molecule has 0 aliphatic rings. The lowest BCUT2D eigenvalue weighted by molar-refractivity contribution is -0.139. The fraction of sp³-hybridized carbons (Fsp3) is 0.231. The molecule has 0 heterocycles. The molecule has 0 fully saturated rings. The molecule has 0 atom stereocenters. The largest absolute Gasteiger partial charge is 0.469 e. The van der Waals surface area contributed by atoms with Crippen LogP contribution in [-0.2, 0) is 20.9 Å². The summed E-state index contributed by atoms with van der Waals surface area (Å²) in [6.07, 6.45) is -0.718. The predicted octanol–water partition coefficient (Wildman–Crippen LogP) is 1.99. The third-order valence-corrected chi connectivity index (χ3v) is 2.08. The van der Waals surface area contributed by atoms with Crippen molar-refractivity contribution in [3.8, 4) is 0 Å². The maximum Gasteiger partial charge on any atom is 0.411 e. The molecule has 5 heteroatoms. The standard InChI is InChI=1S/C13H15NO4/c1-10(8-12(15)17-2)14-13(16)18-9-11-6-4-3-5-7-11/h3-7H,1,8-9H2,2H3,(H,14,16). The van der Waals surface area contributed by atoms with Crippen molar-refractivity contribution in [2.45, 2.75) is 13.0 Å². The monoisotopic (exact) mass is 249 g/mol. The van der Waals surface area contributed by atoms with Crippen LogP contribution in [0.25, 0.3) is 0 Å². The molecule has 0 saturated heterocycles. The summed E-state index contributed by atoms with van der Waals surface area (Å²) < 4.78 is 9.39. The molecule has 0 saturated carbocycles. The number of rotatable bonds is 5. The lowest BCUT2D eigenvalue weighted by Crippen LogP contribution is -2.24. The SMILES string of the molecule is C=C(CC(=O)OC)NC(=O)OCc1ccccc1. The molecule has 96 valence electrons. The summed E-state index contributed by atoms with van der Waals surface area (Å²) in [7, 11) is 1.27. The van der Waals surface area contributed by atoms with Gasteiger partial charge in [-0.05, 0) is 5.56 Å². The minimum Gasteiger partial charge on any atom is -0.469 e. The van der Waals surface area contributed by atoms with E-state index in [0.717, 1.165) is 5.56 Å². The molecule has 5 nitrogen and oxygen atoms in total. The normalized spacial score (nSPS) is 9.39. The zero-order chi connectivity index (χ0) is 13.4. The highest BCUT2D eigenvalue weighted by molar-refractivity contribution is 5.75. The van der Waals surface area contributed by atoms with Crippen LogP contribution in [0.3, 0.4) is 0 Å². The minimum absolute atomic E-state index is 0.0725. The fourth-order valence-corrected chi connectivity index (χ4v) is 1.19. The smallest absolute Gasteiger partial charge is 0.411 e. The van der Waals surface area contributed by atoms with E-state index in [9.17, 15) is 9.59 Å². The van der Waals surface area contributed by atoms with Gasteiger partial charge in [0.15, 0.2) is 0 Å². The van der Waals surface area contributed by atoms with Gasteiger partial charge in [-0.15, -0.1) is 0 Å². The highest BCUT2D eigenvalue weighted by Crippen LogP contribution is 2.02. The van der Waals surface area contributed by atoms with Crippen molar-refractivity contribution in [1.29, 1.82) is 0 Å². The molecule has 1 rings (SSSR count). The maximum absolute atomic E-state index is 11.4. The van der Waals surface area contributed by atoms with E-state index in [4.69, 9.17) is 4.74 Å². The fourth-order valence-electron chi connectivity index (χ4n) is 1.19. The number of nitrogens with one attached hydrogen (secondary N) is 1. The molecule has 0 aromatic heterocycles. The van der Waals surface area contributed by atoms with Gasteiger partial charge in [0.2, 0.25) is 0 Å². The number of hydrogen-bond donors (Lipinski definition) is 1. The first-order valence-corrected chi connectivity index (χ1v) is 5.34. The van der Waals surface area contributed by atoms with E-state index in [1.54, 1.807) is 0 Å². The van der Waals surface area contributed by atoms with Crippen molar-refractivity contribution in [2.75, 3.05) is 7.11 Å². The minimum atomic E-state index is -0.646. The van der Waals surface area contributed by atoms with E-state index in [0.29, 0.717) is 0 Å². The molecule has 1 N–H and O–H groups in total. The molecule has 18 heavy (non-hydrogen) atoms. The molecule has 0 aliphatic heterocycles. The van der Waals surface area contributed by atoms with Crippen LogP contribution in [0.5, 0.6) is 0 Å². The second kappa shape index (κ2) is 7.11. The summed E-state index contributed by atoms with van der Waals surface area (Å²) in [5.41, 5.74) is 1.12. The van der Waals surface area contributed by atoms with Gasteiger partial charge in [0.05, 0.1) is 13.5 Å². The maximum atomic E-state index is 11.4. The summed E-state index contributed by atoms with van der Waals surface area (Å²) in [4.78, 5) is 22.3. The van der Waals surface area contributed by atoms with Crippen LogP contribution in [0.2, 0.25) is 0 Å². The number of alkyl carbamates (subject to hydrolysis) is 1. The third-order valence-electron chi connectivity index (χ3n) is 2.08. The average Bonchev–Trinajstić information content (AvgIpc) is 2.37. The van der Waals surface area contributed by atoms with E-state index >= 15 is 0 Å². The second-order valence-corrected chi connectivity index (χ2v) is 3.54. The van der Waals surface area contributed by atoms with Crippen molar-refractivity contribution in [3.05, 3.63) is 48.2 Å². The molecule has 0 spiro atoms. The molecular formula is C13H15NO4. The number of benzene rings is 1. The Hall–Kier alpha value is -2.30. The zero-order valence-electron chi connectivity index (χ0n) is 10.1. The predicted molar refractivity (Wildman–Crippen MR) is 65.5 cm³/mol. The lowest BCUT2D eigenvalue weighted by atomic mass is 10.2. The Bertz CT molecular complexity index is 428. The van der Waals surface area contributed by atoms with Crippen molar-refractivity contribution in [2.24, 2.45) is 0 Å². The van der Waals surface area contributed by atoms with Crippen molar-refractivity contribution >= 4 is 12.1 Å². The summed E-state index contributed by atoms with van der Waals surface area (Å²) >= 11 is 0. The van der Waals surface area contributed by atoms with Crippen LogP contribution < -0.4 is 5.32 Å². The number of amides is 1. The first-order chi connectivity index (χ1) is 8.61. The number of carbonyl (C=O) groups excluding carboxylic acids is 2. The van der Waals surface area contributed by atoms with E-state index in [-0.39, 0.29) is 18.7 Å². The molecule has 0 radical (unpaired) electrons. The van der Waals surface area contributed by atoms with Crippen LogP contribution in [0.1, 0.15) is 12.0 Å². The van der Waals surface area contributed by atoms with Crippen LogP contribution in [0, 0.1) is 0 Å². The van der Waals surface area contributed by atoms with E-state index < -0.39 is 12.1 Å². The Balaban J connectivity index is 2.30. The van der Waals surface area contributed by atoms with Crippen molar-refractivity contribution < 1.29 is 19.1 Å². The molecule has 0 bridgehead atoms. The third kappa shape index (κ3) is 5.16. The zero-order valence-corrected chi connectivity index (χ0v) is 10.1. The van der Waals surface area contributed by atoms with Gasteiger partial charge in [0, 0.05) is 5.70 Å². The van der Waals surface area contributed by atoms with Gasteiger partial charge >= 0.3 is 12.1 Å². The molecule has 1 amide bonds. The highest BCUT2D eigenvalue weighted by atomic mass is 16.5.